The van der Waals surface area contributed by atoms with Gasteiger partial charge in [-0.05, 0) is 41.6 Å². The van der Waals surface area contributed by atoms with Crippen LogP contribution in [0.25, 0.3) is 0 Å². The summed E-state index contributed by atoms with van der Waals surface area (Å²) in [4.78, 5) is 0. The molecule has 0 saturated heterocycles. The third kappa shape index (κ3) is 2.49. The molecule has 3 nitrogen and oxygen atoms in total. The molecule has 0 aromatic heterocycles. The van der Waals surface area contributed by atoms with E-state index in [9.17, 15) is 0 Å². The average molecular weight is 333 g/mol. The quantitative estimate of drug-likeness (QED) is 0.859. The Balaban J connectivity index is 1.98. The molecule has 3 unspecified atom stereocenters. The first-order valence-corrected chi connectivity index (χ1v) is 6.58. The lowest BCUT2D eigenvalue weighted by Gasteiger charge is -2.41. The topological polar surface area (TPSA) is 44.5 Å². The van der Waals surface area contributed by atoms with Crippen molar-refractivity contribution in [2.75, 3.05) is 6.61 Å². The highest BCUT2D eigenvalue weighted by molar-refractivity contribution is 14.1. The van der Waals surface area contributed by atoms with E-state index in [1.807, 2.05) is 31.2 Å². The van der Waals surface area contributed by atoms with Crippen molar-refractivity contribution < 1.29 is 9.47 Å². The molecule has 0 heterocycles. The highest BCUT2D eigenvalue weighted by atomic mass is 127. The predicted molar refractivity (Wildman–Crippen MR) is 71.6 cm³/mol. The van der Waals surface area contributed by atoms with E-state index in [4.69, 9.17) is 15.2 Å². The number of para-hydroxylation sites is 1. The van der Waals surface area contributed by atoms with Gasteiger partial charge >= 0.3 is 0 Å². The van der Waals surface area contributed by atoms with E-state index in [0.717, 1.165) is 15.7 Å². The van der Waals surface area contributed by atoms with Gasteiger partial charge in [-0.3, -0.25) is 0 Å². The Morgan fingerprint density at radius 1 is 1.44 bits per heavy atom. The fraction of sp³-hybridized carbons (Fsp3) is 0.500. The van der Waals surface area contributed by atoms with Gasteiger partial charge in [-0.15, -0.1) is 0 Å². The molecule has 1 aromatic carbocycles. The van der Waals surface area contributed by atoms with Crippen LogP contribution in [0, 0.1) is 3.57 Å². The maximum atomic E-state index is 5.90. The third-order valence-corrected chi connectivity index (χ3v) is 3.66. The van der Waals surface area contributed by atoms with Crippen LogP contribution in [0.15, 0.2) is 24.3 Å². The molecule has 1 aliphatic rings. The zero-order valence-corrected chi connectivity index (χ0v) is 11.4. The SMILES string of the molecule is CCOC1C(N)CC1Oc1ccccc1I. The number of rotatable bonds is 4. The summed E-state index contributed by atoms with van der Waals surface area (Å²) in [5, 5.41) is 0. The van der Waals surface area contributed by atoms with E-state index in [-0.39, 0.29) is 18.2 Å². The molecule has 4 heteroatoms. The van der Waals surface area contributed by atoms with E-state index in [2.05, 4.69) is 22.6 Å². The lowest BCUT2D eigenvalue weighted by Crippen LogP contribution is -2.59. The maximum Gasteiger partial charge on any atom is 0.133 e. The summed E-state index contributed by atoms with van der Waals surface area (Å²) in [6, 6.07) is 8.11. The smallest absolute Gasteiger partial charge is 0.133 e. The summed E-state index contributed by atoms with van der Waals surface area (Å²) < 4.78 is 12.6. The van der Waals surface area contributed by atoms with Crippen molar-refractivity contribution in [3.63, 3.8) is 0 Å². The zero-order chi connectivity index (χ0) is 11.5. The minimum atomic E-state index is 0.0426. The lowest BCUT2D eigenvalue weighted by molar-refractivity contribution is -0.0948. The Hall–Kier alpha value is -0.330. The Labute approximate surface area is 109 Å². The average Bonchev–Trinajstić information content (AvgIpc) is 2.28. The van der Waals surface area contributed by atoms with Crippen LogP contribution in [0.2, 0.25) is 0 Å². The molecule has 0 aliphatic heterocycles. The van der Waals surface area contributed by atoms with E-state index in [1.54, 1.807) is 0 Å². The van der Waals surface area contributed by atoms with Crippen molar-refractivity contribution >= 4 is 22.6 Å². The minimum Gasteiger partial charge on any atom is -0.486 e. The highest BCUT2D eigenvalue weighted by Gasteiger charge is 2.41. The zero-order valence-electron chi connectivity index (χ0n) is 9.23. The third-order valence-electron chi connectivity index (χ3n) is 2.77. The molecule has 1 fully saturated rings. The van der Waals surface area contributed by atoms with Gasteiger partial charge in [-0.1, -0.05) is 12.1 Å². The van der Waals surface area contributed by atoms with Gasteiger partial charge in [0.05, 0.1) is 3.57 Å². The van der Waals surface area contributed by atoms with Crippen molar-refractivity contribution in [1.29, 1.82) is 0 Å². The molecule has 2 N–H and O–H groups in total. The second-order valence-electron chi connectivity index (χ2n) is 3.91. The molecule has 3 atom stereocenters. The largest absolute Gasteiger partial charge is 0.486 e. The van der Waals surface area contributed by atoms with Gasteiger partial charge < -0.3 is 15.2 Å². The molecule has 1 aliphatic carbocycles. The van der Waals surface area contributed by atoms with Crippen LogP contribution in [-0.2, 0) is 4.74 Å². The molecule has 1 aromatic rings. The van der Waals surface area contributed by atoms with Crippen LogP contribution >= 0.6 is 22.6 Å². The summed E-state index contributed by atoms with van der Waals surface area (Å²) in [6.07, 6.45) is 1.02. The van der Waals surface area contributed by atoms with Gasteiger partial charge in [0, 0.05) is 19.1 Å². The molecular formula is C12H16INO2. The second-order valence-corrected chi connectivity index (χ2v) is 5.07. The number of benzene rings is 1. The van der Waals surface area contributed by atoms with Gasteiger partial charge in [0.1, 0.15) is 18.0 Å². The molecule has 1 saturated carbocycles. The lowest BCUT2D eigenvalue weighted by atomic mass is 9.86. The number of halogens is 1. The molecule has 16 heavy (non-hydrogen) atoms. The van der Waals surface area contributed by atoms with Crippen molar-refractivity contribution in [2.45, 2.75) is 31.6 Å². The normalized spacial score (nSPS) is 28.6. The fourth-order valence-electron chi connectivity index (χ4n) is 1.86. The monoisotopic (exact) mass is 333 g/mol. The van der Waals surface area contributed by atoms with Crippen LogP contribution in [0.3, 0.4) is 0 Å². The number of nitrogens with two attached hydrogens (primary N) is 1. The van der Waals surface area contributed by atoms with Gasteiger partial charge in [-0.25, -0.2) is 0 Å². The minimum absolute atomic E-state index is 0.0426. The molecule has 0 bridgehead atoms. The second kappa shape index (κ2) is 5.33. The van der Waals surface area contributed by atoms with Crippen LogP contribution in [0.5, 0.6) is 5.75 Å². The first-order valence-electron chi connectivity index (χ1n) is 5.50. The van der Waals surface area contributed by atoms with Gasteiger partial charge in [0.15, 0.2) is 0 Å². The van der Waals surface area contributed by atoms with Crippen LogP contribution < -0.4 is 10.5 Å². The summed E-state index contributed by atoms with van der Waals surface area (Å²) in [7, 11) is 0. The Bertz CT molecular complexity index is 359. The van der Waals surface area contributed by atoms with Crippen molar-refractivity contribution in [3.8, 4) is 5.75 Å². The predicted octanol–water partition coefficient (Wildman–Crippen LogP) is 2.17. The van der Waals surface area contributed by atoms with E-state index < -0.39 is 0 Å². The Kier molecular flexibility index (Phi) is 4.05. The number of hydrogen-bond donors (Lipinski definition) is 1. The molecule has 2 rings (SSSR count). The summed E-state index contributed by atoms with van der Waals surface area (Å²) in [6.45, 7) is 2.67. The van der Waals surface area contributed by atoms with Gasteiger partial charge in [-0.2, -0.15) is 0 Å². The summed E-state index contributed by atoms with van der Waals surface area (Å²) >= 11 is 2.27. The number of hydrogen-bond acceptors (Lipinski definition) is 3. The van der Waals surface area contributed by atoms with Crippen LogP contribution in [-0.4, -0.2) is 24.9 Å². The highest BCUT2D eigenvalue weighted by Crippen LogP contribution is 2.30. The Morgan fingerprint density at radius 3 is 2.81 bits per heavy atom. The first kappa shape index (κ1) is 12.1. The summed E-state index contributed by atoms with van der Waals surface area (Å²) in [5.41, 5.74) is 5.88. The number of ether oxygens (including phenoxy) is 2. The van der Waals surface area contributed by atoms with Crippen molar-refractivity contribution in [3.05, 3.63) is 27.8 Å². The first-order chi connectivity index (χ1) is 7.72. The Morgan fingerprint density at radius 2 is 2.19 bits per heavy atom. The van der Waals surface area contributed by atoms with Crippen molar-refractivity contribution in [2.24, 2.45) is 5.73 Å². The van der Waals surface area contributed by atoms with Gasteiger partial charge in [0.25, 0.3) is 0 Å². The molecule has 0 amide bonds. The van der Waals surface area contributed by atoms with E-state index in [0.29, 0.717) is 6.61 Å². The fourth-order valence-corrected chi connectivity index (χ4v) is 2.37. The summed E-state index contributed by atoms with van der Waals surface area (Å²) in [5.74, 6) is 0.921. The van der Waals surface area contributed by atoms with E-state index in [1.165, 1.54) is 0 Å². The van der Waals surface area contributed by atoms with Crippen LogP contribution in [0.4, 0.5) is 0 Å². The molecule has 88 valence electrons. The molecule has 0 radical (unpaired) electrons. The molecular weight excluding hydrogens is 317 g/mol. The standard InChI is InChI=1S/C12H16INO2/c1-2-15-12-9(14)7-11(12)16-10-6-4-3-5-8(10)13/h3-6,9,11-12H,2,7,14H2,1H3. The van der Waals surface area contributed by atoms with Crippen LogP contribution in [0.1, 0.15) is 13.3 Å². The maximum absolute atomic E-state index is 5.90. The van der Waals surface area contributed by atoms with Gasteiger partial charge in [0.2, 0.25) is 0 Å². The van der Waals surface area contributed by atoms with E-state index >= 15 is 0 Å². The molecule has 0 spiro atoms. The van der Waals surface area contributed by atoms with Crippen molar-refractivity contribution in [1.82, 2.24) is 0 Å².